The Morgan fingerprint density at radius 3 is 2.83 bits per heavy atom. The number of hydrogen-bond donors (Lipinski definition) is 1. The van der Waals surface area contributed by atoms with Gasteiger partial charge in [0.15, 0.2) is 0 Å². The van der Waals surface area contributed by atoms with E-state index in [4.69, 9.17) is 4.74 Å². The molecule has 2 rings (SSSR count). The number of rotatable bonds is 6. The molecular formula is C12H19NO3S2. The number of sulfonamides is 1. The third kappa shape index (κ3) is 4.05. The van der Waals surface area contributed by atoms with Crippen molar-refractivity contribution in [3.63, 3.8) is 0 Å². The minimum atomic E-state index is -3.28. The quantitative estimate of drug-likeness (QED) is 0.817. The summed E-state index contributed by atoms with van der Waals surface area (Å²) in [6.45, 7) is 2.23. The maximum absolute atomic E-state index is 11.8. The van der Waals surface area contributed by atoms with Crippen molar-refractivity contribution in [3.05, 3.63) is 17.5 Å². The van der Waals surface area contributed by atoms with Crippen LogP contribution in [-0.4, -0.2) is 28.2 Å². The Morgan fingerprint density at radius 2 is 2.17 bits per heavy atom. The maximum Gasteiger partial charge on any atom is 0.250 e. The Hall–Kier alpha value is -0.430. The maximum atomic E-state index is 11.8. The second-order valence-corrected chi connectivity index (χ2v) is 7.47. The van der Waals surface area contributed by atoms with Crippen LogP contribution in [0.4, 0.5) is 0 Å². The Morgan fingerprint density at radius 1 is 1.39 bits per heavy atom. The molecule has 1 saturated heterocycles. The fourth-order valence-electron chi connectivity index (χ4n) is 2.12. The summed E-state index contributed by atoms with van der Waals surface area (Å²) < 4.78 is 32.0. The number of hydrogen-bond acceptors (Lipinski definition) is 4. The van der Waals surface area contributed by atoms with Crippen molar-refractivity contribution >= 4 is 21.4 Å². The summed E-state index contributed by atoms with van der Waals surface area (Å²) in [7, 11) is -3.28. The summed E-state index contributed by atoms with van der Waals surface area (Å²) in [5.74, 6) is 0.699. The van der Waals surface area contributed by atoms with E-state index in [0.717, 1.165) is 38.9 Å². The van der Waals surface area contributed by atoms with E-state index >= 15 is 0 Å². The second-order valence-electron chi connectivity index (χ2n) is 4.53. The van der Waals surface area contributed by atoms with Gasteiger partial charge in [-0.2, -0.15) is 0 Å². The first-order valence-corrected chi connectivity index (χ1v) is 8.66. The molecule has 0 amide bonds. The van der Waals surface area contributed by atoms with Gasteiger partial charge in [-0.1, -0.05) is 6.07 Å². The van der Waals surface area contributed by atoms with E-state index in [1.807, 2.05) is 0 Å². The van der Waals surface area contributed by atoms with Crippen molar-refractivity contribution < 1.29 is 13.2 Å². The summed E-state index contributed by atoms with van der Waals surface area (Å²) >= 11 is 1.25. The lowest BCUT2D eigenvalue weighted by Gasteiger charge is -2.21. The van der Waals surface area contributed by atoms with Crippen LogP contribution in [0.1, 0.15) is 25.7 Å². The van der Waals surface area contributed by atoms with Crippen LogP contribution in [0.2, 0.25) is 0 Å². The molecule has 18 heavy (non-hydrogen) atoms. The van der Waals surface area contributed by atoms with Crippen LogP contribution in [0.5, 0.6) is 0 Å². The molecule has 0 bridgehead atoms. The zero-order chi connectivity index (χ0) is 12.8. The lowest BCUT2D eigenvalue weighted by atomic mass is 9.95. The topological polar surface area (TPSA) is 55.4 Å². The van der Waals surface area contributed by atoms with Gasteiger partial charge in [0.1, 0.15) is 4.21 Å². The van der Waals surface area contributed by atoms with Crippen LogP contribution >= 0.6 is 11.3 Å². The minimum Gasteiger partial charge on any atom is -0.381 e. The van der Waals surface area contributed by atoms with Crippen LogP contribution in [0.25, 0.3) is 0 Å². The Kier molecular flexibility index (Phi) is 5.17. The molecule has 0 radical (unpaired) electrons. The van der Waals surface area contributed by atoms with Crippen LogP contribution in [-0.2, 0) is 14.8 Å². The molecule has 1 N–H and O–H groups in total. The standard InChI is InChI=1S/C12H19NO3S2/c14-18(15,12-4-2-10-17-12)13-7-1-3-11-5-8-16-9-6-11/h2,4,10-11,13H,1,3,5-9H2. The average molecular weight is 289 g/mol. The van der Waals surface area contributed by atoms with Crippen molar-refractivity contribution in [1.29, 1.82) is 0 Å². The van der Waals surface area contributed by atoms with Crippen molar-refractivity contribution in [1.82, 2.24) is 4.72 Å². The molecular weight excluding hydrogens is 270 g/mol. The number of nitrogens with one attached hydrogen (secondary N) is 1. The molecule has 0 aliphatic carbocycles. The van der Waals surface area contributed by atoms with Crippen molar-refractivity contribution in [2.45, 2.75) is 29.9 Å². The smallest absolute Gasteiger partial charge is 0.250 e. The fourth-order valence-corrected chi connectivity index (χ4v) is 4.23. The highest BCUT2D eigenvalue weighted by Gasteiger charge is 2.16. The molecule has 1 aromatic heterocycles. The molecule has 2 heterocycles. The third-order valence-electron chi connectivity index (χ3n) is 3.18. The molecule has 6 heteroatoms. The van der Waals surface area contributed by atoms with Gasteiger partial charge in [-0.3, -0.25) is 0 Å². The van der Waals surface area contributed by atoms with E-state index in [1.54, 1.807) is 17.5 Å². The van der Waals surface area contributed by atoms with Crippen LogP contribution in [0.3, 0.4) is 0 Å². The van der Waals surface area contributed by atoms with E-state index < -0.39 is 10.0 Å². The second kappa shape index (κ2) is 6.65. The molecule has 0 spiro atoms. The van der Waals surface area contributed by atoms with Crippen LogP contribution in [0, 0.1) is 5.92 Å². The van der Waals surface area contributed by atoms with Crippen molar-refractivity contribution in [2.24, 2.45) is 5.92 Å². The van der Waals surface area contributed by atoms with Gasteiger partial charge >= 0.3 is 0 Å². The van der Waals surface area contributed by atoms with Gasteiger partial charge < -0.3 is 4.74 Å². The molecule has 0 saturated carbocycles. The predicted molar refractivity (Wildman–Crippen MR) is 72.3 cm³/mol. The predicted octanol–water partition coefficient (Wildman–Crippen LogP) is 2.23. The zero-order valence-corrected chi connectivity index (χ0v) is 11.9. The lowest BCUT2D eigenvalue weighted by molar-refractivity contribution is 0.0634. The lowest BCUT2D eigenvalue weighted by Crippen LogP contribution is -2.25. The molecule has 102 valence electrons. The molecule has 1 fully saturated rings. The summed E-state index contributed by atoms with van der Waals surface area (Å²) in [5, 5.41) is 1.77. The largest absolute Gasteiger partial charge is 0.381 e. The molecule has 0 unspecified atom stereocenters. The van der Waals surface area contributed by atoms with E-state index in [2.05, 4.69) is 4.72 Å². The first-order chi connectivity index (χ1) is 8.68. The molecule has 4 nitrogen and oxygen atoms in total. The Bertz CT molecular complexity index is 436. The SMILES string of the molecule is O=S(=O)(NCCCC1CCOCC1)c1cccs1. The van der Waals surface area contributed by atoms with E-state index in [9.17, 15) is 8.42 Å². The van der Waals surface area contributed by atoms with Gasteiger partial charge in [0.2, 0.25) is 10.0 Å². The monoisotopic (exact) mass is 289 g/mol. The van der Waals surface area contributed by atoms with Crippen molar-refractivity contribution in [3.8, 4) is 0 Å². The van der Waals surface area contributed by atoms with Crippen molar-refractivity contribution in [2.75, 3.05) is 19.8 Å². The molecule has 1 aliphatic heterocycles. The average Bonchev–Trinajstić information content (AvgIpc) is 2.91. The summed E-state index contributed by atoms with van der Waals surface area (Å²) in [6, 6.07) is 3.38. The highest BCUT2D eigenvalue weighted by atomic mass is 32.2. The fraction of sp³-hybridized carbons (Fsp3) is 0.667. The van der Waals surface area contributed by atoms with Gasteiger partial charge in [-0.15, -0.1) is 11.3 Å². The van der Waals surface area contributed by atoms with E-state index in [0.29, 0.717) is 16.7 Å². The highest BCUT2D eigenvalue weighted by molar-refractivity contribution is 7.91. The van der Waals surface area contributed by atoms with Gasteiger partial charge in [0.05, 0.1) is 0 Å². The normalized spacial score (nSPS) is 18.0. The van der Waals surface area contributed by atoms with E-state index in [-0.39, 0.29) is 0 Å². The van der Waals surface area contributed by atoms with Gasteiger partial charge in [0.25, 0.3) is 0 Å². The van der Waals surface area contributed by atoms with Gasteiger partial charge in [-0.25, -0.2) is 13.1 Å². The molecule has 1 aliphatic rings. The van der Waals surface area contributed by atoms with Crippen LogP contribution < -0.4 is 4.72 Å². The Balaban J connectivity index is 1.69. The van der Waals surface area contributed by atoms with Gasteiger partial charge in [0, 0.05) is 19.8 Å². The number of thiophene rings is 1. The minimum absolute atomic E-state index is 0.397. The highest BCUT2D eigenvalue weighted by Crippen LogP contribution is 2.20. The first-order valence-electron chi connectivity index (χ1n) is 6.29. The van der Waals surface area contributed by atoms with Gasteiger partial charge in [-0.05, 0) is 43.0 Å². The first kappa shape index (κ1) is 14.0. The molecule has 1 aromatic rings. The van der Waals surface area contributed by atoms with E-state index in [1.165, 1.54) is 11.3 Å². The summed E-state index contributed by atoms with van der Waals surface area (Å²) in [4.78, 5) is 0. The molecule has 0 atom stereocenters. The number of ether oxygens (including phenoxy) is 1. The summed E-state index contributed by atoms with van der Waals surface area (Å²) in [6.07, 6.45) is 4.20. The van der Waals surface area contributed by atoms with Crippen LogP contribution in [0.15, 0.2) is 21.7 Å². The third-order valence-corrected chi connectivity index (χ3v) is 6.04. The summed E-state index contributed by atoms with van der Waals surface area (Å²) in [5.41, 5.74) is 0. The molecule has 0 aromatic carbocycles. The zero-order valence-electron chi connectivity index (χ0n) is 10.3. The Labute approximate surface area is 112 Å².